The molecule has 9 heteroatoms. The Bertz CT molecular complexity index is 1100. The number of anilines is 2. The van der Waals surface area contributed by atoms with Gasteiger partial charge in [-0.25, -0.2) is 4.98 Å². The van der Waals surface area contributed by atoms with Crippen molar-refractivity contribution >= 4 is 34.5 Å². The van der Waals surface area contributed by atoms with Gasteiger partial charge in [0, 0.05) is 48.9 Å². The van der Waals surface area contributed by atoms with Gasteiger partial charge in [-0.05, 0) is 44.0 Å². The lowest BCUT2D eigenvalue weighted by Crippen LogP contribution is -2.50. The van der Waals surface area contributed by atoms with Crippen molar-refractivity contribution in [1.29, 1.82) is 0 Å². The van der Waals surface area contributed by atoms with E-state index in [0.717, 1.165) is 41.0 Å². The van der Waals surface area contributed by atoms with E-state index in [1.54, 1.807) is 18.3 Å². The summed E-state index contributed by atoms with van der Waals surface area (Å²) >= 11 is 0. The van der Waals surface area contributed by atoms with E-state index in [1.807, 2.05) is 37.1 Å². The van der Waals surface area contributed by atoms with Crippen molar-refractivity contribution in [1.82, 2.24) is 9.97 Å². The van der Waals surface area contributed by atoms with E-state index < -0.39 is 4.92 Å². The predicted octanol–water partition coefficient (Wildman–Crippen LogP) is 3.54. The monoisotopic (exact) mass is 423 g/mol. The Balaban J connectivity index is 1.55. The summed E-state index contributed by atoms with van der Waals surface area (Å²) in [5, 5.41) is 11.8. The highest BCUT2D eigenvalue weighted by atomic mass is 16.6. The van der Waals surface area contributed by atoms with Crippen LogP contribution in [0.25, 0.3) is 10.9 Å². The summed E-state index contributed by atoms with van der Waals surface area (Å²) in [5.41, 5.74) is 0.852. The Hall–Kier alpha value is -3.62. The molecule has 1 aliphatic rings. The van der Waals surface area contributed by atoms with Crippen LogP contribution in [0.1, 0.15) is 19.8 Å². The highest BCUT2D eigenvalue weighted by Gasteiger charge is 2.32. The molecular weight excluding hydrogens is 398 g/mol. The fourth-order valence-electron chi connectivity index (χ4n) is 4.22. The predicted molar refractivity (Wildman–Crippen MR) is 119 cm³/mol. The first-order chi connectivity index (χ1) is 15.0. The number of ether oxygens (including phenoxy) is 1. The highest BCUT2D eigenvalue weighted by Crippen LogP contribution is 2.33. The third-order valence-corrected chi connectivity index (χ3v) is 5.82. The molecule has 1 aliphatic heterocycles. The van der Waals surface area contributed by atoms with Gasteiger partial charge in [0.25, 0.3) is 5.69 Å². The lowest BCUT2D eigenvalue weighted by atomic mass is 9.96. The van der Waals surface area contributed by atoms with Gasteiger partial charge in [0.1, 0.15) is 12.1 Å². The third-order valence-electron chi connectivity index (χ3n) is 5.82. The van der Waals surface area contributed by atoms with Crippen LogP contribution in [0.3, 0.4) is 0 Å². The number of aromatic amines is 1. The van der Waals surface area contributed by atoms with Gasteiger partial charge in [-0.2, -0.15) is 0 Å². The van der Waals surface area contributed by atoms with Gasteiger partial charge in [0.05, 0.1) is 17.6 Å². The van der Waals surface area contributed by atoms with E-state index in [-0.39, 0.29) is 17.8 Å². The first-order valence-electron chi connectivity index (χ1n) is 10.3. The first-order valence-corrected chi connectivity index (χ1v) is 10.3. The molecule has 31 heavy (non-hydrogen) atoms. The molecule has 0 aliphatic carbocycles. The Morgan fingerprint density at radius 1 is 1.39 bits per heavy atom. The van der Waals surface area contributed by atoms with Gasteiger partial charge >= 0.3 is 0 Å². The molecule has 0 bridgehead atoms. The minimum atomic E-state index is -0.407. The summed E-state index contributed by atoms with van der Waals surface area (Å²) in [5.74, 6) is 2.29. The van der Waals surface area contributed by atoms with E-state index in [9.17, 15) is 14.9 Å². The molecule has 2 unspecified atom stereocenters. The summed E-state index contributed by atoms with van der Waals surface area (Å²) < 4.78 is 5.72. The normalized spacial score (nSPS) is 18.7. The molecule has 1 N–H and O–H groups in total. The molecule has 2 aromatic heterocycles. The van der Waals surface area contributed by atoms with Crippen molar-refractivity contribution in [2.24, 2.45) is 0 Å². The summed E-state index contributed by atoms with van der Waals surface area (Å²) in [4.78, 5) is 34.5. The smallest absolute Gasteiger partial charge is 0.270 e. The number of hydrogen-bond acceptors (Lipinski definition) is 7. The third kappa shape index (κ3) is 4.03. The van der Waals surface area contributed by atoms with Crippen LogP contribution in [0, 0.1) is 10.1 Å². The molecule has 0 radical (unpaired) electrons. The number of fused-ring (bicyclic) bond motifs is 1. The number of nitrogens with one attached hydrogen (secondary N) is 1. The average molecular weight is 423 g/mol. The van der Waals surface area contributed by atoms with Crippen LogP contribution < -0.4 is 14.5 Å². The first kappa shape index (κ1) is 20.6. The molecule has 3 heterocycles. The number of aldehydes is 1. The number of carbonyl (C=O) groups is 1. The van der Waals surface area contributed by atoms with Crippen LogP contribution in [-0.2, 0) is 4.79 Å². The standard InChI is InChI=1S/C22H25N5O4/c1-3-31-20-5-4-9-23-22(20)25(2)16-8-10-26(18(13-16)14-28)21-12-15-11-17(27(29)30)6-7-19(15)24-21/h4-7,9,11-12,14,16,18,24H,3,8,10,13H2,1-2H3. The van der Waals surface area contributed by atoms with Crippen molar-refractivity contribution in [2.75, 3.05) is 30.0 Å². The van der Waals surface area contributed by atoms with Gasteiger partial charge in [0.2, 0.25) is 0 Å². The van der Waals surface area contributed by atoms with Crippen LogP contribution in [0.15, 0.2) is 42.6 Å². The number of hydrogen-bond donors (Lipinski definition) is 1. The SMILES string of the molecule is CCOc1cccnc1N(C)C1CCN(c2cc3cc([N+](=O)[O-])ccc3[nH]2)C(C=O)C1. The molecule has 3 aromatic rings. The molecule has 0 amide bonds. The fraction of sp³-hybridized carbons (Fsp3) is 0.364. The molecule has 1 aromatic carbocycles. The second-order valence-electron chi connectivity index (χ2n) is 7.63. The summed E-state index contributed by atoms with van der Waals surface area (Å²) in [6.07, 6.45) is 4.18. The number of nitro groups is 1. The van der Waals surface area contributed by atoms with Crippen molar-refractivity contribution in [3.05, 3.63) is 52.7 Å². The van der Waals surface area contributed by atoms with Crippen LogP contribution in [0.5, 0.6) is 5.75 Å². The number of benzene rings is 1. The van der Waals surface area contributed by atoms with Gasteiger partial charge in [-0.1, -0.05) is 0 Å². The average Bonchev–Trinajstić information content (AvgIpc) is 3.22. The Morgan fingerprint density at radius 2 is 2.23 bits per heavy atom. The largest absolute Gasteiger partial charge is 0.490 e. The molecule has 4 rings (SSSR count). The van der Waals surface area contributed by atoms with E-state index in [4.69, 9.17) is 4.74 Å². The molecule has 2 atom stereocenters. The second-order valence-corrected chi connectivity index (χ2v) is 7.63. The molecule has 9 nitrogen and oxygen atoms in total. The molecule has 162 valence electrons. The summed E-state index contributed by atoms with van der Waals surface area (Å²) in [7, 11) is 1.98. The van der Waals surface area contributed by atoms with Gasteiger partial charge in [0.15, 0.2) is 11.6 Å². The Morgan fingerprint density at radius 3 is 2.97 bits per heavy atom. The fourth-order valence-corrected chi connectivity index (χ4v) is 4.22. The number of nitro benzene ring substituents is 1. The second kappa shape index (κ2) is 8.63. The summed E-state index contributed by atoms with van der Waals surface area (Å²) in [6, 6.07) is 10.1. The Labute approximate surface area is 179 Å². The quantitative estimate of drug-likeness (QED) is 0.352. The van der Waals surface area contributed by atoms with E-state index in [1.165, 1.54) is 6.07 Å². The minimum Gasteiger partial charge on any atom is -0.490 e. The number of aromatic nitrogens is 2. The van der Waals surface area contributed by atoms with Crippen molar-refractivity contribution < 1.29 is 14.5 Å². The van der Waals surface area contributed by atoms with Gasteiger partial charge in [-0.3, -0.25) is 10.1 Å². The zero-order valence-electron chi connectivity index (χ0n) is 17.5. The van der Waals surface area contributed by atoms with Crippen LogP contribution in [0.2, 0.25) is 0 Å². The maximum atomic E-state index is 12.0. The lowest BCUT2D eigenvalue weighted by molar-refractivity contribution is -0.384. The molecule has 0 spiro atoms. The van der Waals surface area contributed by atoms with Crippen molar-refractivity contribution in [3.8, 4) is 5.75 Å². The van der Waals surface area contributed by atoms with Crippen molar-refractivity contribution in [3.63, 3.8) is 0 Å². The number of rotatable bonds is 7. The van der Waals surface area contributed by atoms with Gasteiger partial charge < -0.3 is 24.3 Å². The van der Waals surface area contributed by atoms with E-state index >= 15 is 0 Å². The summed E-state index contributed by atoms with van der Waals surface area (Å²) in [6.45, 7) is 3.16. The number of non-ortho nitro benzene ring substituents is 1. The van der Waals surface area contributed by atoms with Gasteiger partial charge in [-0.15, -0.1) is 0 Å². The van der Waals surface area contributed by atoms with E-state index in [0.29, 0.717) is 19.6 Å². The van der Waals surface area contributed by atoms with E-state index in [2.05, 4.69) is 14.9 Å². The van der Waals surface area contributed by atoms with Crippen LogP contribution >= 0.6 is 0 Å². The topological polar surface area (TPSA) is 105 Å². The highest BCUT2D eigenvalue weighted by molar-refractivity contribution is 5.86. The number of piperidine rings is 1. The minimum absolute atomic E-state index is 0.0470. The van der Waals surface area contributed by atoms with Crippen LogP contribution in [0.4, 0.5) is 17.3 Å². The lowest BCUT2D eigenvalue weighted by Gasteiger charge is -2.41. The number of H-pyrrole nitrogens is 1. The zero-order valence-corrected chi connectivity index (χ0v) is 17.5. The molecular formula is C22H25N5O4. The number of carbonyl (C=O) groups excluding carboxylic acids is 1. The number of nitrogens with zero attached hydrogens (tertiary/aromatic N) is 4. The maximum absolute atomic E-state index is 12.0. The zero-order chi connectivity index (χ0) is 22.0. The maximum Gasteiger partial charge on any atom is 0.270 e. The van der Waals surface area contributed by atoms with Crippen molar-refractivity contribution in [2.45, 2.75) is 31.8 Å². The van der Waals surface area contributed by atoms with Crippen LogP contribution in [-0.4, -0.2) is 53.5 Å². The Kier molecular flexibility index (Phi) is 5.75. The number of pyridine rings is 1. The molecule has 1 fully saturated rings. The molecule has 0 saturated carbocycles. The molecule has 1 saturated heterocycles.